The highest BCUT2D eigenvalue weighted by atomic mass is 32.1. The van der Waals surface area contributed by atoms with Crippen molar-refractivity contribution in [1.29, 1.82) is 0 Å². The number of anilines is 1. The van der Waals surface area contributed by atoms with E-state index in [1.807, 2.05) is 35.7 Å². The number of rotatable bonds is 5. The Hall–Kier alpha value is -2.76. The molecule has 0 radical (unpaired) electrons. The molecule has 0 saturated heterocycles. The molecule has 0 unspecified atom stereocenters. The second-order valence-corrected chi connectivity index (χ2v) is 7.35. The van der Waals surface area contributed by atoms with E-state index in [4.69, 9.17) is 0 Å². The van der Waals surface area contributed by atoms with Gasteiger partial charge in [0.05, 0.1) is 18.7 Å². The number of hydrogen-bond acceptors (Lipinski definition) is 4. The highest BCUT2D eigenvalue weighted by Gasteiger charge is 2.50. The first-order valence-corrected chi connectivity index (χ1v) is 9.22. The number of nitrogens with zero attached hydrogens (tertiary/aromatic N) is 1. The second kappa shape index (κ2) is 6.52. The van der Waals surface area contributed by atoms with Crippen molar-refractivity contribution < 1.29 is 14.7 Å². The third kappa shape index (κ3) is 2.75. The molecule has 1 amide bonds. The summed E-state index contributed by atoms with van der Waals surface area (Å²) < 4.78 is 0. The molecule has 0 saturated carbocycles. The van der Waals surface area contributed by atoms with Gasteiger partial charge in [0.1, 0.15) is 0 Å². The minimum atomic E-state index is -1.83. The van der Waals surface area contributed by atoms with Crippen LogP contribution in [-0.2, 0) is 16.9 Å². The fourth-order valence-electron chi connectivity index (χ4n) is 3.35. The molecule has 1 N–H and O–H groups in total. The molecule has 2 heterocycles. The number of Topliss-reactive ketones (excluding diaryl/α,β-unsaturated/α-hetero) is 1. The number of para-hydroxylation sites is 1. The van der Waals surface area contributed by atoms with Gasteiger partial charge in [-0.3, -0.25) is 9.59 Å². The number of carbonyl (C=O) groups excluding carboxylic acids is 2. The normalized spacial score (nSPS) is 18.8. The molecule has 4 nitrogen and oxygen atoms in total. The molecule has 4 rings (SSSR count). The molecule has 1 aromatic heterocycles. The van der Waals surface area contributed by atoms with Gasteiger partial charge in [-0.1, -0.05) is 54.6 Å². The van der Waals surface area contributed by atoms with Crippen LogP contribution in [0.15, 0.2) is 72.1 Å². The van der Waals surface area contributed by atoms with E-state index in [2.05, 4.69) is 0 Å². The van der Waals surface area contributed by atoms with Gasteiger partial charge in [-0.2, -0.15) is 0 Å². The first-order chi connectivity index (χ1) is 12.6. The van der Waals surface area contributed by atoms with E-state index in [9.17, 15) is 14.7 Å². The average molecular weight is 363 g/mol. The largest absolute Gasteiger partial charge is 0.375 e. The number of hydrogen-bond donors (Lipinski definition) is 1. The Bertz CT molecular complexity index is 952. The molecule has 1 aliphatic heterocycles. The van der Waals surface area contributed by atoms with Crippen molar-refractivity contribution >= 4 is 28.7 Å². The Morgan fingerprint density at radius 1 is 1.00 bits per heavy atom. The lowest BCUT2D eigenvalue weighted by Crippen LogP contribution is -2.41. The summed E-state index contributed by atoms with van der Waals surface area (Å²) in [6.45, 7) is 0.384. The zero-order valence-corrected chi connectivity index (χ0v) is 14.8. The van der Waals surface area contributed by atoms with Crippen molar-refractivity contribution in [3.05, 3.63) is 88.1 Å². The van der Waals surface area contributed by atoms with Crippen LogP contribution in [0.4, 0.5) is 5.69 Å². The van der Waals surface area contributed by atoms with E-state index < -0.39 is 11.5 Å². The van der Waals surface area contributed by atoms with E-state index >= 15 is 0 Å². The zero-order chi connectivity index (χ0) is 18.1. The standard InChI is InChI=1S/C21H17NO3S/c23-19(15-7-2-1-3-8-15)13-21(25)17-10-4-5-11-18(17)22(20(21)24)14-16-9-6-12-26-16/h1-12,25H,13-14H2/t21-/m1/s1. The van der Waals surface area contributed by atoms with Crippen LogP contribution in [0.1, 0.15) is 27.2 Å². The minimum absolute atomic E-state index is 0.255. The number of amides is 1. The summed E-state index contributed by atoms with van der Waals surface area (Å²) in [6, 6.07) is 19.8. The molecule has 1 atom stereocenters. The number of carbonyl (C=O) groups is 2. The predicted molar refractivity (Wildman–Crippen MR) is 101 cm³/mol. The Labute approximate surface area is 155 Å². The van der Waals surface area contributed by atoms with Crippen LogP contribution in [0, 0.1) is 0 Å². The van der Waals surface area contributed by atoms with Gasteiger partial charge in [0.25, 0.3) is 5.91 Å². The molecule has 1 aliphatic rings. The maximum atomic E-state index is 13.1. The summed E-state index contributed by atoms with van der Waals surface area (Å²) in [5.41, 5.74) is -0.191. The van der Waals surface area contributed by atoms with Crippen molar-refractivity contribution in [3.8, 4) is 0 Å². The molecule has 0 fully saturated rings. The van der Waals surface area contributed by atoms with Crippen molar-refractivity contribution in [2.75, 3.05) is 4.90 Å². The summed E-state index contributed by atoms with van der Waals surface area (Å²) in [4.78, 5) is 28.4. The van der Waals surface area contributed by atoms with Gasteiger partial charge in [0, 0.05) is 16.0 Å². The van der Waals surface area contributed by atoms with Gasteiger partial charge in [-0.15, -0.1) is 11.3 Å². The Morgan fingerprint density at radius 3 is 2.46 bits per heavy atom. The molecule has 3 aromatic rings. The third-order valence-corrected chi connectivity index (χ3v) is 5.51. The zero-order valence-electron chi connectivity index (χ0n) is 14.0. The van der Waals surface area contributed by atoms with Gasteiger partial charge in [-0.05, 0) is 17.5 Å². The molecular formula is C21H17NO3S. The van der Waals surface area contributed by atoms with E-state index in [1.54, 1.807) is 52.6 Å². The van der Waals surface area contributed by atoms with Crippen molar-refractivity contribution in [1.82, 2.24) is 0 Å². The second-order valence-electron chi connectivity index (χ2n) is 6.31. The van der Waals surface area contributed by atoms with Crippen LogP contribution in [-0.4, -0.2) is 16.8 Å². The lowest BCUT2D eigenvalue weighted by Gasteiger charge is -2.22. The molecular weight excluding hydrogens is 346 g/mol. The number of ketones is 1. The molecule has 0 bridgehead atoms. The van der Waals surface area contributed by atoms with E-state index in [1.165, 1.54) is 0 Å². The number of fused-ring (bicyclic) bond motifs is 1. The number of benzene rings is 2. The fourth-order valence-corrected chi connectivity index (χ4v) is 4.04. The van der Waals surface area contributed by atoms with Crippen LogP contribution in [0.3, 0.4) is 0 Å². The molecule has 26 heavy (non-hydrogen) atoms. The van der Waals surface area contributed by atoms with Crippen LogP contribution >= 0.6 is 11.3 Å². The monoisotopic (exact) mass is 363 g/mol. The summed E-state index contributed by atoms with van der Waals surface area (Å²) in [5, 5.41) is 13.2. The Balaban J connectivity index is 1.69. The van der Waals surface area contributed by atoms with Crippen molar-refractivity contribution in [2.24, 2.45) is 0 Å². The first-order valence-electron chi connectivity index (χ1n) is 8.34. The average Bonchev–Trinajstić information content (AvgIpc) is 3.25. The highest BCUT2D eigenvalue weighted by Crippen LogP contribution is 2.43. The van der Waals surface area contributed by atoms with Crippen LogP contribution in [0.2, 0.25) is 0 Å². The van der Waals surface area contributed by atoms with Crippen LogP contribution in [0.5, 0.6) is 0 Å². The van der Waals surface area contributed by atoms with E-state index in [-0.39, 0.29) is 12.2 Å². The summed E-state index contributed by atoms with van der Waals surface area (Å²) in [5.74, 6) is -0.703. The fraction of sp³-hybridized carbons (Fsp3) is 0.143. The van der Waals surface area contributed by atoms with Gasteiger partial charge < -0.3 is 10.0 Å². The molecule has 5 heteroatoms. The summed E-state index contributed by atoms with van der Waals surface area (Å²) in [7, 11) is 0. The molecule has 130 valence electrons. The van der Waals surface area contributed by atoms with Gasteiger partial charge in [0.2, 0.25) is 0 Å². The van der Waals surface area contributed by atoms with Gasteiger partial charge in [0.15, 0.2) is 11.4 Å². The summed E-state index contributed by atoms with van der Waals surface area (Å²) >= 11 is 1.55. The quantitative estimate of drug-likeness (QED) is 0.702. The predicted octanol–water partition coefficient (Wildman–Crippen LogP) is 3.76. The molecule has 0 spiro atoms. The smallest absolute Gasteiger partial charge is 0.264 e. The maximum Gasteiger partial charge on any atom is 0.264 e. The first kappa shape index (κ1) is 16.7. The number of thiophene rings is 1. The van der Waals surface area contributed by atoms with Gasteiger partial charge in [-0.25, -0.2) is 0 Å². The van der Waals surface area contributed by atoms with Crippen LogP contribution < -0.4 is 4.90 Å². The van der Waals surface area contributed by atoms with Crippen LogP contribution in [0.25, 0.3) is 0 Å². The third-order valence-electron chi connectivity index (χ3n) is 4.65. The van der Waals surface area contributed by atoms with Gasteiger partial charge >= 0.3 is 0 Å². The lowest BCUT2D eigenvalue weighted by atomic mass is 9.88. The van der Waals surface area contributed by atoms with Crippen molar-refractivity contribution in [3.63, 3.8) is 0 Å². The number of aliphatic hydroxyl groups is 1. The van der Waals surface area contributed by atoms with Crippen molar-refractivity contribution in [2.45, 2.75) is 18.6 Å². The minimum Gasteiger partial charge on any atom is -0.375 e. The topological polar surface area (TPSA) is 57.6 Å². The molecule has 2 aromatic carbocycles. The van der Waals surface area contributed by atoms with E-state index in [0.717, 1.165) is 4.88 Å². The Morgan fingerprint density at radius 2 is 1.73 bits per heavy atom. The lowest BCUT2D eigenvalue weighted by molar-refractivity contribution is -0.136. The maximum absolute atomic E-state index is 13.1. The summed E-state index contributed by atoms with van der Waals surface area (Å²) in [6.07, 6.45) is -0.270. The molecule has 0 aliphatic carbocycles. The Kier molecular flexibility index (Phi) is 4.18. The highest BCUT2D eigenvalue weighted by molar-refractivity contribution is 7.09. The SMILES string of the molecule is O=C(C[C@]1(O)C(=O)N(Cc2cccs2)c2ccccc21)c1ccccc1. The van der Waals surface area contributed by atoms with E-state index in [0.29, 0.717) is 23.4 Å².